The van der Waals surface area contributed by atoms with Crippen molar-refractivity contribution in [2.45, 2.75) is 19.7 Å². The Bertz CT molecular complexity index is 177. The van der Waals surface area contributed by atoms with Gasteiger partial charge in [0.15, 0.2) is 7.28 Å². The number of benzene rings is 1. The zero-order chi connectivity index (χ0) is 7.23. The van der Waals surface area contributed by atoms with Crippen molar-refractivity contribution >= 4 is 12.7 Å². The van der Waals surface area contributed by atoms with Crippen LogP contribution >= 0.6 is 0 Å². The molecule has 0 heterocycles. The topological polar surface area (TPSA) is 63.0 Å². The average Bonchev–Trinajstić information content (AvgIpc) is 2.03. The van der Waals surface area contributed by atoms with Gasteiger partial charge in [-0.25, -0.2) is 0 Å². The molecule has 67 valence electrons. The van der Waals surface area contributed by atoms with Gasteiger partial charge in [-0.05, 0) is 0 Å². The summed E-state index contributed by atoms with van der Waals surface area (Å²) in [7, 11) is 2.26. The lowest BCUT2D eigenvalue weighted by molar-refractivity contribution is 0.823. The minimum atomic E-state index is 0. The van der Waals surface area contributed by atoms with Gasteiger partial charge in [-0.2, -0.15) is 0 Å². The lowest BCUT2D eigenvalue weighted by Crippen LogP contribution is -2.11. The van der Waals surface area contributed by atoms with E-state index in [0.717, 1.165) is 0 Å². The molecule has 0 aliphatic rings. The minimum Gasteiger partial charge on any atom is -0.412 e. The van der Waals surface area contributed by atoms with Crippen LogP contribution in [-0.4, -0.2) is 18.2 Å². The van der Waals surface area contributed by atoms with Crippen molar-refractivity contribution < 1.29 is 11.0 Å². The van der Waals surface area contributed by atoms with Crippen molar-refractivity contribution in [2.75, 3.05) is 0 Å². The molecule has 0 aromatic heterocycles. The van der Waals surface area contributed by atoms with Crippen LogP contribution in [0.2, 0.25) is 6.32 Å². The lowest BCUT2D eigenvalue weighted by Gasteiger charge is -1.94. The molecule has 4 N–H and O–H groups in total. The van der Waals surface area contributed by atoms with Crippen LogP contribution in [0.25, 0.3) is 0 Å². The van der Waals surface area contributed by atoms with Gasteiger partial charge in [-0.1, -0.05) is 55.5 Å². The summed E-state index contributed by atoms with van der Waals surface area (Å²) in [6, 6.07) is 10.5. The van der Waals surface area contributed by atoms with Gasteiger partial charge >= 0.3 is 0 Å². The molecular weight excluding hydrogens is 151 g/mol. The highest BCUT2D eigenvalue weighted by Gasteiger charge is 1.90. The predicted octanol–water partition coefficient (Wildman–Crippen LogP) is 0.195. The fourth-order valence-electron chi connectivity index (χ4n) is 0.900. The van der Waals surface area contributed by atoms with Crippen LogP contribution in [0.1, 0.15) is 13.3 Å². The van der Waals surface area contributed by atoms with Crippen molar-refractivity contribution in [3.8, 4) is 0 Å². The van der Waals surface area contributed by atoms with Crippen molar-refractivity contribution in [1.29, 1.82) is 0 Å². The first-order valence-corrected chi connectivity index (χ1v) is 3.81. The number of hydrogen-bond donors (Lipinski definition) is 0. The summed E-state index contributed by atoms with van der Waals surface area (Å²) < 4.78 is 0. The van der Waals surface area contributed by atoms with Gasteiger partial charge in [0.2, 0.25) is 0 Å². The third-order valence-electron chi connectivity index (χ3n) is 1.47. The Morgan fingerprint density at radius 1 is 1.08 bits per heavy atom. The molecule has 2 nitrogen and oxygen atoms in total. The normalized spacial score (nSPS) is 7.75. The molecule has 0 atom stereocenters. The molecular formula is C9H16BO2. The SMILES string of the molecule is CCC[B]c1ccccc1.O.O. The van der Waals surface area contributed by atoms with E-state index in [0.29, 0.717) is 0 Å². The van der Waals surface area contributed by atoms with Gasteiger partial charge in [0.1, 0.15) is 0 Å². The largest absolute Gasteiger partial charge is 0.412 e. The molecule has 0 fully saturated rings. The molecule has 3 heteroatoms. The molecule has 0 unspecified atom stereocenters. The molecule has 0 aliphatic heterocycles. The van der Waals surface area contributed by atoms with Crippen LogP contribution in [0.15, 0.2) is 30.3 Å². The van der Waals surface area contributed by atoms with E-state index in [2.05, 4.69) is 38.5 Å². The Morgan fingerprint density at radius 3 is 2.17 bits per heavy atom. The zero-order valence-corrected chi connectivity index (χ0v) is 7.38. The van der Waals surface area contributed by atoms with E-state index in [9.17, 15) is 0 Å². The summed E-state index contributed by atoms with van der Waals surface area (Å²) in [5.74, 6) is 0. The smallest absolute Gasteiger partial charge is 0.151 e. The quantitative estimate of drug-likeness (QED) is 0.577. The molecule has 1 rings (SSSR count). The third-order valence-corrected chi connectivity index (χ3v) is 1.47. The Morgan fingerprint density at radius 2 is 1.67 bits per heavy atom. The first-order chi connectivity index (χ1) is 4.93. The molecule has 0 amide bonds. The van der Waals surface area contributed by atoms with Crippen LogP contribution in [0, 0.1) is 0 Å². The van der Waals surface area contributed by atoms with Crippen LogP contribution in [0.3, 0.4) is 0 Å². The Labute approximate surface area is 74.5 Å². The van der Waals surface area contributed by atoms with Crippen LogP contribution in [0.5, 0.6) is 0 Å². The average molecular weight is 167 g/mol. The van der Waals surface area contributed by atoms with E-state index in [4.69, 9.17) is 0 Å². The monoisotopic (exact) mass is 167 g/mol. The maximum atomic E-state index is 2.26. The maximum Gasteiger partial charge on any atom is 0.151 e. The first kappa shape index (κ1) is 13.8. The second-order valence-corrected chi connectivity index (χ2v) is 2.40. The molecule has 0 saturated carbocycles. The summed E-state index contributed by atoms with van der Waals surface area (Å²) in [6.07, 6.45) is 2.42. The van der Waals surface area contributed by atoms with Crippen molar-refractivity contribution in [3.05, 3.63) is 30.3 Å². The first-order valence-electron chi connectivity index (χ1n) is 3.81. The Balaban J connectivity index is 0. The number of hydrogen-bond acceptors (Lipinski definition) is 0. The van der Waals surface area contributed by atoms with Gasteiger partial charge in [0.05, 0.1) is 0 Å². The summed E-state index contributed by atoms with van der Waals surface area (Å²) in [6.45, 7) is 2.19. The van der Waals surface area contributed by atoms with Crippen molar-refractivity contribution in [3.63, 3.8) is 0 Å². The fraction of sp³-hybridized carbons (Fsp3) is 0.333. The van der Waals surface area contributed by atoms with E-state index in [1.807, 2.05) is 6.07 Å². The fourth-order valence-corrected chi connectivity index (χ4v) is 0.900. The molecule has 0 saturated heterocycles. The lowest BCUT2D eigenvalue weighted by atomic mass is 9.67. The van der Waals surface area contributed by atoms with E-state index < -0.39 is 0 Å². The van der Waals surface area contributed by atoms with Crippen LogP contribution < -0.4 is 5.46 Å². The van der Waals surface area contributed by atoms with Gasteiger partial charge in [0, 0.05) is 0 Å². The van der Waals surface area contributed by atoms with Crippen LogP contribution in [0.4, 0.5) is 0 Å². The van der Waals surface area contributed by atoms with E-state index >= 15 is 0 Å². The molecule has 0 aliphatic carbocycles. The summed E-state index contributed by atoms with van der Waals surface area (Å²) in [5, 5.41) is 0. The Kier molecular flexibility index (Phi) is 9.53. The standard InChI is InChI=1S/C9H12B.2H2O/c1-2-8-10-9-6-4-3-5-7-9;;/h3-7H,2,8H2,1H3;2*1H2. The molecule has 0 spiro atoms. The molecule has 1 aromatic carbocycles. The van der Waals surface area contributed by atoms with Crippen molar-refractivity contribution in [1.82, 2.24) is 0 Å². The minimum absolute atomic E-state index is 0. The van der Waals surface area contributed by atoms with Crippen molar-refractivity contribution in [2.24, 2.45) is 0 Å². The van der Waals surface area contributed by atoms with Gasteiger partial charge < -0.3 is 11.0 Å². The highest BCUT2D eigenvalue weighted by atomic mass is 16.0. The van der Waals surface area contributed by atoms with E-state index in [1.165, 1.54) is 18.2 Å². The Hall–Kier alpha value is -0.795. The zero-order valence-electron chi connectivity index (χ0n) is 7.38. The molecule has 12 heavy (non-hydrogen) atoms. The third kappa shape index (κ3) is 4.94. The second-order valence-electron chi connectivity index (χ2n) is 2.40. The van der Waals surface area contributed by atoms with Gasteiger partial charge in [0.25, 0.3) is 0 Å². The maximum absolute atomic E-state index is 2.26. The predicted molar refractivity (Wildman–Crippen MR) is 54.2 cm³/mol. The van der Waals surface area contributed by atoms with Crippen LogP contribution in [-0.2, 0) is 0 Å². The highest BCUT2D eigenvalue weighted by Crippen LogP contribution is 1.87. The van der Waals surface area contributed by atoms with E-state index in [-0.39, 0.29) is 11.0 Å². The molecule has 1 radical (unpaired) electrons. The van der Waals surface area contributed by atoms with Gasteiger partial charge in [-0.15, -0.1) is 0 Å². The summed E-state index contributed by atoms with van der Waals surface area (Å²) in [5.41, 5.74) is 1.34. The molecule has 0 bridgehead atoms. The molecule has 1 aromatic rings. The van der Waals surface area contributed by atoms with E-state index in [1.54, 1.807) is 0 Å². The summed E-state index contributed by atoms with van der Waals surface area (Å²) in [4.78, 5) is 0. The van der Waals surface area contributed by atoms with Gasteiger partial charge in [-0.3, -0.25) is 0 Å². The summed E-state index contributed by atoms with van der Waals surface area (Å²) >= 11 is 0. The highest BCUT2D eigenvalue weighted by molar-refractivity contribution is 6.53. The number of rotatable bonds is 3. The second kappa shape index (κ2) is 8.30.